The molecule has 0 aliphatic carbocycles. The zero-order valence-corrected chi connectivity index (χ0v) is 13.9. The number of thioether (sulfide) groups is 1. The number of likely N-dealkylation sites (N-methyl/N-ethyl adjacent to an activating group) is 1. The van der Waals surface area contributed by atoms with Crippen LogP contribution in [-0.4, -0.2) is 34.9 Å². The van der Waals surface area contributed by atoms with Gasteiger partial charge in [-0.3, -0.25) is 4.79 Å². The second-order valence-corrected chi connectivity index (χ2v) is 6.96. The Morgan fingerprint density at radius 2 is 1.95 bits per heavy atom. The van der Waals surface area contributed by atoms with Crippen molar-refractivity contribution < 1.29 is 4.79 Å². The first-order valence-corrected chi connectivity index (χ1v) is 8.53. The number of carbonyl (C=O) groups is 1. The van der Waals surface area contributed by atoms with Gasteiger partial charge in [0.1, 0.15) is 16.6 Å². The Hall–Kier alpha value is -1.92. The number of thiophene rings is 1. The average Bonchev–Trinajstić information content (AvgIpc) is 3.02. The summed E-state index contributed by atoms with van der Waals surface area (Å²) in [4.78, 5) is 22.8. The molecule has 0 N–H and O–H groups in total. The molecule has 4 nitrogen and oxygen atoms in total. The van der Waals surface area contributed by atoms with Gasteiger partial charge < -0.3 is 4.90 Å². The number of hydrogen-bond acceptors (Lipinski definition) is 5. The van der Waals surface area contributed by atoms with E-state index < -0.39 is 0 Å². The van der Waals surface area contributed by atoms with Crippen molar-refractivity contribution in [3.8, 4) is 0 Å². The molecule has 1 aromatic carbocycles. The van der Waals surface area contributed by atoms with Gasteiger partial charge >= 0.3 is 0 Å². The van der Waals surface area contributed by atoms with Crippen molar-refractivity contribution in [2.24, 2.45) is 0 Å². The number of rotatable bonds is 4. The minimum atomic E-state index is -0.309. The number of aromatic nitrogens is 2. The van der Waals surface area contributed by atoms with Crippen LogP contribution in [0.5, 0.6) is 0 Å². The second-order valence-electron chi connectivity index (χ2n) is 4.96. The van der Waals surface area contributed by atoms with Gasteiger partial charge in [0.25, 0.3) is 0 Å². The van der Waals surface area contributed by atoms with Crippen molar-refractivity contribution >= 4 is 39.2 Å². The van der Waals surface area contributed by atoms with E-state index in [0.717, 1.165) is 20.8 Å². The van der Waals surface area contributed by atoms with Gasteiger partial charge in [0.15, 0.2) is 0 Å². The van der Waals surface area contributed by atoms with Crippen molar-refractivity contribution in [2.45, 2.75) is 10.3 Å². The standard InChI is InChI=1S/C16H15N3OS2/c1-19(2)16(20)13(11-6-4-3-5-7-11)22-15-14-12(8-9-21-14)17-10-18-15/h3-10,13H,1-2H3/t13-/m1/s1. The lowest BCUT2D eigenvalue weighted by molar-refractivity contribution is -0.128. The first kappa shape index (κ1) is 15.0. The molecule has 0 saturated carbocycles. The summed E-state index contributed by atoms with van der Waals surface area (Å²) in [5.74, 6) is 0.0551. The zero-order valence-electron chi connectivity index (χ0n) is 12.3. The zero-order chi connectivity index (χ0) is 15.5. The predicted octanol–water partition coefficient (Wildman–Crippen LogP) is 3.61. The van der Waals surface area contributed by atoms with Crippen LogP contribution in [0.25, 0.3) is 10.2 Å². The lowest BCUT2D eigenvalue weighted by Crippen LogP contribution is -2.26. The third-order valence-corrected chi connectivity index (χ3v) is 5.49. The fraction of sp³-hybridized carbons (Fsp3) is 0.188. The van der Waals surface area contributed by atoms with E-state index in [1.807, 2.05) is 41.8 Å². The highest BCUT2D eigenvalue weighted by atomic mass is 32.2. The quantitative estimate of drug-likeness (QED) is 0.542. The molecular weight excluding hydrogens is 314 g/mol. The summed E-state index contributed by atoms with van der Waals surface area (Å²) in [5.41, 5.74) is 1.90. The van der Waals surface area contributed by atoms with Crippen LogP contribution in [-0.2, 0) is 4.79 Å². The number of carbonyl (C=O) groups excluding carboxylic acids is 1. The molecule has 0 aliphatic heterocycles. The normalized spacial score (nSPS) is 12.3. The summed E-state index contributed by atoms with van der Waals surface area (Å²) in [6.45, 7) is 0. The van der Waals surface area contributed by atoms with Crippen molar-refractivity contribution in [1.82, 2.24) is 14.9 Å². The van der Waals surface area contributed by atoms with Crippen molar-refractivity contribution in [1.29, 1.82) is 0 Å². The molecule has 1 atom stereocenters. The van der Waals surface area contributed by atoms with Crippen molar-refractivity contribution in [3.05, 3.63) is 53.7 Å². The smallest absolute Gasteiger partial charge is 0.240 e. The van der Waals surface area contributed by atoms with E-state index in [4.69, 9.17) is 0 Å². The Labute approximate surface area is 137 Å². The van der Waals surface area contributed by atoms with Crippen LogP contribution in [0.2, 0.25) is 0 Å². The largest absolute Gasteiger partial charge is 0.348 e. The number of amides is 1. The minimum Gasteiger partial charge on any atom is -0.348 e. The average molecular weight is 329 g/mol. The van der Waals surface area contributed by atoms with Crippen molar-refractivity contribution in [3.63, 3.8) is 0 Å². The van der Waals surface area contributed by atoms with Gasteiger partial charge in [-0.15, -0.1) is 11.3 Å². The maximum Gasteiger partial charge on any atom is 0.240 e. The van der Waals surface area contributed by atoms with Crippen LogP contribution in [0.15, 0.2) is 53.1 Å². The van der Waals surface area contributed by atoms with E-state index in [1.54, 1.807) is 36.7 Å². The second kappa shape index (κ2) is 6.46. The van der Waals surface area contributed by atoms with E-state index >= 15 is 0 Å². The molecule has 22 heavy (non-hydrogen) atoms. The molecule has 0 bridgehead atoms. The lowest BCUT2D eigenvalue weighted by atomic mass is 10.1. The summed E-state index contributed by atoms with van der Waals surface area (Å²) >= 11 is 3.08. The van der Waals surface area contributed by atoms with Gasteiger partial charge in [0.2, 0.25) is 5.91 Å². The van der Waals surface area contributed by atoms with E-state index in [1.165, 1.54) is 11.8 Å². The highest BCUT2D eigenvalue weighted by Crippen LogP contribution is 2.39. The maximum atomic E-state index is 12.6. The van der Waals surface area contributed by atoms with Crippen LogP contribution < -0.4 is 0 Å². The van der Waals surface area contributed by atoms with Gasteiger partial charge in [-0.1, -0.05) is 42.1 Å². The van der Waals surface area contributed by atoms with Gasteiger partial charge in [-0.25, -0.2) is 9.97 Å². The molecule has 0 radical (unpaired) electrons. The Morgan fingerprint density at radius 1 is 1.18 bits per heavy atom. The van der Waals surface area contributed by atoms with Gasteiger partial charge in [-0.2, -0.15) is 0 Å². The van der Waals surface area contributed by atoms with E-state index in [2.05, 4.69) is 9.97 Å². The summed E-state index contributed by atoms with van der Waals surface area (Å²) in [6, 6.07) is 11.8. The van der Waals surface area contributed by atoms with E-state index in [9.17, 15) is 4.79 Å². The van der Waals surface area contributed by atoms with Crippen LogP contribution in [0.4, 0.5) is 0 Å². The van der Waals surface area contributed by atoms with Gasteiger partial charge in [0, 0.05) is 14.1 Å². The van der Waals surface area contributed by atoms with Crippen LogP contribution in [0.3, 0.4) is 0 Å². The third kappa shape index (κ3) is 2.98. The number of hydrogen-bond donors (Lipinski definition) is 0. The maximum absolute atomic E-state index is 12.6. The molecule has 2 aromatic heterocycles. The van der Waals surface area contributed by atoms with E-state index in [0.29, 0.717) is 0 Å². The fourth-order valence-electron chi connectivity index (χ4n) is 2.09. The van der Waals surface area contributed by atoms with Crippen LogP contribution in [0.1, 0.15) is 10.8 Å². The Kier molecular flexibility index (Phi) is 4.40. The van der Waals surface area contributed by atoms with Crippen molar-refractivity contribution in [2.75, 3.05) is 14.1 Å². The molecule has 0 spiro atoms. The highest BCUT2D eigenvalue weighted by molar-refractivity contribution is 8.00. The summed E-state index contributed by atoms with van der Waals surface area (Å²) in [5, 5.41) is 2.54. The highest BCUT2D eigenvalue weighted by Gasteiger charge is 2.25. The first-order chi connectivity index (χ1) is 10.7. The number of benzene rings is 1. The molecule has 0 saturated heterocycles. The number of fused-ring (bicyclic) bond motifs is 1. The molecule has 112 valence electrons. The molecule has 3 rings (SSSR count). The van der Waals surface area contributed by atoms with Gasteiger partial charge in [-0.05, 0) is 17.0 Å². The molecule has 0 aliphatic rings. The monoisotopic (exact) mass is 329 g/mol. The SMILES string of the molecule is CN(C)C(=O)[C@H](Sc1ncnc2ccsc12)c1ccccc1. The Morgan fingerprint density at radius 3 is 2.68 bits per heavy atom. The third-order valence-electron chi connectivity index (χ3n) is 3.21. The van der Waals surface area contributed by atoms with Crippen LogP contribution >= 0.6 is 23.1 Å². The number of nitrogens with zero attached hydrogens (tertiary/aromatic N) is 3. The predicted molar refractivity (Wildman–Crippen MR) is 91.1 cm³/mol. The molecule has 0 unspecified atom stereocenters. The first-order valence-electron chi connectivity index (χ1n) is 6.78. The Bertz CT molecular complexity index is 786. The van der Waals surface area contributed by atoms with Crippen LogP contribution in [0, 0.1) is 0 Å². The molecular formula is C16H15N3OS2. The Balaban J connectivity index is 2.00. The van der Waals surface area contributed by atoms with Gasteiger partial charge in [0.05, 0.1) is 10.2 Å². The fourth-order valence-corrected chi connectivity index (χ4v) is 4.25. The molecule has 1 amide bonds. The molecule has 0 fully saturated rings. The molecule has 2 heterocycles. The molecule has 6 heteroatoms. The van der Waals surface area contributed by atoms with E-state index in [-0.39, 0.29) is 11.2 Å². The lowest BCUT2D eigenvalue weighted by Gasteiger charge is -2.20. The summed E-state index contributed by atoms with van der Waals surface area (Å²) < 4.78 is 1.03. The summed E-state index contributed by atoms with van der Waals surface area (Å²) in [6.07, 6.45) is 1.56. The molecule has 3 aromatic rings. The topological polar surface area (TPSA) is 46.1 Å². The summed E-state index contributed by atoms with van der Waals surface area (Å²) in [7, 11) is 3.55. The minimum absolute atomic E-state index is 0.0551.